The lowest BCUT2D eigenvalue weighted by atomic mass is 9.86. The Morgan fingerprint density at radius 1 is 1.06 bits per heavy atom. The fourth-order valence-electron chi connectivity index (χ4n) is 5.31. The molecule has 2 aromatic rings. The van der Waals surface area contributed by atoms with Gasteiger partial charge in [-0.15, -0.1) is 0 Å². The van der Waals surface area contributed by atoms with Crippen molar-refractivity contribution in [2.24, 2.45) is 0 Å². The summed E-state index contributed by atoms with van der Waals surface area (Å²) in [5.74, 6) is 0.902. The zero-order valence-corrected chi connectivity index (χ0v) is 20.4. The van der Waals surface area contributed by atoms with Crippen molar-refractivity contribution in [1.82, 2.24) is 14.8 Å². The van der Waals surface area contributed by atoms with Crippen molar-refractivity contribution in [3.05, 3.63) is 59.8 Å². The highest BCUT2D eigenvalue weighted by Crippen LogP contribution is 2.33. The molecule has 0 bridgehead atoms. The number of nitrogens with zero attached hydrogens (tertiary/aromatic N) is 4. The lowest BCUT2D eigenvalue weighted by molar-refractivity contribution is -0.119. The smallest absolute Gasteiger partial charge is 0.227 e. The van der Waals surface area contributed by atoms with Crippen LogP contribution in [0.25, 0.3) is 0 Å². The van der Waals surface area contributed by atoms with Gasteiger partial charge >= 0.3 is 0 Å². The Morgan fingerprint density at radius 2 is 1.76 bits per heavy atom. The SMILES string of the molecule is CCC(=O)N(CC1(N2CCN(C(C)c3ccccc3)CC2)CCOCC1)c1cccc(C)n1. The van der Waals surface area contributed by atoms with Gasteiger partial charge in [0.25, 0.3) is 0 Å². The Labute approximate surface area is 198 Å². The molecule has 6 nitrogen and oxygen atoms in total. The van der Waals surface area contributed by atoms with Crippen molar-refractivity contribution in [3.8, 4) is 0 Å². The maximum absolute atomic E-state index is 13.0. The molecule has 0 aliphatic carbocycles. The first-order chi connectivity index (χ1) is 16.0. The van der Waals surface area contributed by atoms with E-state index >= 15 is 0 Å². The topological polar surface area (TPSA) is 48.9 Å². The number of carbonyl (C=O) groups is 1. The minimum atomic E-state index is -0.0728. The number of benzene rings is 1. The van der Waals surface area contributed by atoms with E-state index in [1.165, 1.54) is 5.56 Å². The first kappa shape index (κ1) is 23.9. The normalized spacial score (nSPS) is 20.3. The molecular formula is C27H38N4O2. The lowest BCUT2D eigenvalue weighted by Gasteiger charge is -2.51. The zero-order chi connectivity index (χ0) is 23.3. The summed E-state index contributed by atoms with van der Waals surface area (Å²) in [4.78, 5) is 24.9. The van der Waals surface area contributed by atoms with E-state index in [9.17, 15) is 4.79 Å². The van der Waals surface area contributed by atoms with Crippen molar-refractivity contribution in [2.75, 3.05) is 50.8 Å². The molecule has 2 aliphatic rings. The molecular weight excluding hydrogens is 412 g/mol. The first-order valence-electron chi connectivity index (χ1n) is 12.4. The summed E-state index contributed by atoms with van der Waals surface area (Å²) in [6, 6.07) is 17.1. The molecule has 2 aliphatic heterocycles. The van der Waals surface area contributed by atoms with Crippen LogP contribution < -0.4 is 4.90 Å². The molecule has 0 saturated carbocycles. The molecule has 1 amide bonds. The number of ether oxygens (including phenoxy) is 1. The van der Waals surface area contributed by atoms with E-state index in [0.717, 1.165) is 63.7 Å². The van der Waals surface area contributed by atoms with Crippen molar-refractivity contribution < 1.29 is 9.53 Å². The number of amides is 1. The average Bonchev–Trinajstić information content (AvgIpc) is 2.87. The summed E-state index contributed by atoms with van der Waals surface area (Å²) in [5, 5.41) is 0. The molecule has 1 aromatic carbocycles. The number of carbonyl (C=O) groups excluding carboxylic acids is 1. The molecule has 2 saturated heterocycles. The van der Waals surface area contributed by atoms with Crippen molar-refractivity contribution >= 4 is 11.7 Å². The van der Waals surface area contributed by atoms with E-state index in [4.69, 9.17) is 9.72 Å². The van der Waals surface area contributed by atoms with E-state index in [2.05, 4.69) is 47.1 Å². The van der Waals surface area contributed by atoms with Crippen LogP contribution in [-0.2, 0) is 9.53 Å². The monoisotopic (exact) mass is 450 g/mol. The number of aromatic nitrogens is 1. The second kappa shape index (κ2) is 10.8. The molecule has 6 heteroatoms. The molecule has 1 unspecified atom stereocenters. The van der Waals surface area contributed by atoms with Crippen LogP contribution in [0, 0.1) is 6.92 Å². The van der Waals surface area contributed by atoms with Crippen molar-refractivity contribution in [3.63, 3.8) is 0 Å². The maximum atomic E-state index is 13.0. The summed E-state index contributed by atoms with van der Waals surface area (Å²) in [7, 11) is 0. The number of hydrogen-bond acceptors (Lipinski definition) is 5. The average molecular weight is 451 g/mol. The Bertz CT molecular complexity index is 905. The number of rotatable bonds is 7. The van der Waals surface area contributed by atoms with Gasteiger partial charge in [0.15, 0.2) is 0 Å². The summed E-state index contributed by atoms with van der Waals surface area (Å²) < 4.78 is 5.77. The third-order valence-electron chi connectivity index (χ3n) is 7.44. The lowest BCUT2D eigenvalue weighted by Crippen LogP contribution is -2.63. The molecule has 33 heavy (non-hydrogen) atoms. The molecule has 1 aromatic heterocycles. The van der Waals surface area contributed by atoms with Crippen LogP contribution in [0.15, 0.2) is 48.5 Å². The summed E-state index contributed by atoms with van der Waals surface area (Å²) in [6.45, 7) is 12.5. The Morgan fingerprint density at radius 3 is 2.39 bits per heavy atom. The van der Waals surface area contributed by atoms with E-state index in [-0.39, 0.29) is 11.4 Å². The quantitative estimate of drug-likeness (QED) is 0.637. The number of anilines is 1. The van der Waals surface area contributed by atoms with E-state index in [1.807, 2.05) is 36.9 Å². The van der Waals surface area contributed by atoms with Crippen molar-refractivity contribution in [2.45, 2.75) is 51.6 Å². The van der Waals surface area contributed by atoms with E-state index < -0.39 is 0 Å². The maximum Gasteiger partial charge on any atom is 0.227 e. The van der Waals surface area contributed by atoms with Crippen LogP contribution in [0.5, 0.6) is 0 Å². The van der Waals surface area contributed by atoms with Crippen LogP contribution in [-0.4, -0.2) is 72.2 Å². The second-order valence-corrected chi connectivity index (χ2v) is 9.42. The largest absolute Gasteiger partial charge is 0.381 e. The van der Waals surface area contributed by atoms with E-state index in [1.54, 1.807) is 0 Å². The van der Waals surface area contributed by atoms with Crippen LogP contribution in [0.2, 0.25) is 0 Å². The zero-order valence-electron chi connectivity index (χ0n) is 20.4. The highest BCUT2D eigenvalue weighted by atomic mass is 16.5. The molecule has 2 fully saturated rings. The molecule has 4 rings (SSSR count). The first-order valence-corrected chi connectivity index (χ1v) is 12.4. The highest BCUT2D eigenvalue weighted by molar-refractivity contribution is 5.92. The van der Waals surface area contributed by atoms with Gasteiger partial charge in [0, 0.05) is 69.6 Å². The van der Waals surface area contributed by atoms with Gasteiger partial charge in [-0.3, -0.25) is 19.5 Å². The molecule has 1 atom stereocenters. The van der Waals surface area contributed by atoms with Gasteiger partial charge in [-0.1, -0.05) is 43.3 Å². The van der Waals surface area contributed by atoms with Crippen molar-refractivity contribution in [1.29, 1.82) is 0 Å². The van der Waals surface area contributed by atoms with Gasteiger partial charge in [0.2, 0.25) is 5.91 Å². The summed E-state index contributed by atoms with van der Waals surface area (Å²) in [6.07, 6.45) is 2.37. The number of aryl methyl sites for hydroxylation is 1. The number of hydrogen-bond donors (Lipinski definition) is 0. The van der Waals surface area contributed by atoms with Crippen LogP contribution in [0.4, 0.5) is 5.82 Å². The van der Waals surface area contributed by atoms with Gasteiger partial charge in [-0.2, -0.15) is 0 Å². The molecule has 3 heterocycles. The van der Waals surface area contributed by atoms with Gasteiger partial charge in [0.1, 0.15) is 5.82 Å². The highest BCUT2D eigenvalue weighted by Gasteiger charge is 2.42. The molecule has 0 radical (unpaired) electrons. The minimum Gasteiger partial charge on any atom is -0.381 e. The third-order valence-corrected chi connectivity index (χ3v) is 7.44. The fraction of sp³-hybridized carbons (Fsp3) is 0.556. The predicted molar refractivity (Wildman–Crippen MR) is 132 cm³/mol. The van der Waals surface area contributed by atoms with Crippen LogP contribution in [0.1, 0.15) is 50.4 Å². The molecule has 178 valence electrons. The minimum absolute atomic E-state index is 0.0728. The van der Waals surface area contributed by atoms with Gasteiger partial charge in [-0.25, -0.2) is 4.98 Å². The van der Waals surface area contributed by atoms with Gasteiger partial charge in [0.05, 0.1) is 0 Å². The van der Waals surface area contributed by atoms with E-state index in [0.29, 0.717) is 19.0 Å². The standard InChI is InChI=1S/C27H38N4O2/c1-4-26(32)31(25-12-8-9-22(2)28-25)21-27(13-19-33-20-14-27)30-17-15-29(16-18-30)23(3)24-10-6-5-7-11-24/h5-12,23H,4,13-21H2,1-3H3. The fourth-order valence-corrected chi connectivity index (χ4v) is 5.31. The Kier molecular flexibility index (Phi) is 7.78. The van der Waals surface area contributed by atoms with Crippen LogP contribution in [0.3, 0.4) is 0 Å². The predicted octanol–water partition coefficient (Wildman–Crippen LogP) is 4.06. The summed E-state index contributed by atoms with van der Waals surface area (Å²) >= 11 is 0. The molecule has 0 N–H and O–H groups in total. The Balaban J connectivity index is 1.52. The number of piperazine rings is 1. The number of pyridine rings is 1. The van der Waals surface area contributed by atoms with Gasteiger partial charge in [-0.05, 0) is 44.4 Å². The third kappa shape index (κ3) is 5.45. The van der Waals surface area contributed by atoms with Crippen LogP contribution >= 0.6 is 0 Å². The molecule has 0 spiro atoms. The summed E-state index contributed by atoms with van der Waals surface area (Å²) in [5.41, 5.74) is 2.24. The van der Waals surface area contributed by atoms with Gasteiger partial charge < -0.3 is 4.74 Å². The Hall–Kier alpha value is -2.28. The second-order valence-electron chi connectivity index (χ2n) is 9.42.